The quantitative estimate of drug-likeness (QED) is 0.723. The molecule has 6 heteroatoms. The maximum absolute atomic E-state index is 12.8. The summed E-state index contributed by atoms with van der Waals surface area (Å²) in [6, 6.07) is 7.92. The average Bonchev–Trinajstić information content (AvgIpc) is 3.09. The van der Waals surface area contributed by atoms with Crippen molar-refractivity contribution < 1.29 is 9.53 Å². The molecule has 2 heterocycles. The van der Waals surface area contributed by atoms with Gasteiger partial charge in [0, 0.05) is 37.9 Å². The van der Waals surface area contributed by atoms with Gasteiger partial charge in [-0.05, 0) is 31.0 Å². The van der Waals surface area contributed by atoms with Crippen LogP contribution in [0.2, 0.25) is 0 Å². The number of hydrogen-bond donors (Lipinski definition) is 0. The Morgan fingerprint density at radius 2 is 1.88 bits per heavy atom. The second-order valence-corrected chi connectivity index (χ2v) is 5.75. The molecule has 6 nitrogen and oxygen atoms in total. The number of benzene rings is 1. The fraction of sp³-hybridized carbons (Fsp3) is 0.278. The Balaban J connectivity index is 1.75. The van der Waals surface area contributed by atoms with Gasteiger partial charge in [0.15, 0.2) is 11.3 Å². The van der Waals surface area contributed by atoms with Crippen LogP contribution in [-0.2, 0) is 6.42 Å². The van der Waals surface area contributed by atoms with E-state index in [-0.39, 0.29) is 11.9 Å². The first kappa shape index (κ1) is 16.0. The van der Waals surface area contributed by atoms with Crippen LogP contribution in [0.4, 0.5) is 0 Å². The second kappa shape index (κ2) is 6.70. The van der Waals surface area contributed by atoms with Gasteiger partial charge < -0.3 is 14.0 Å². The molecule has 1 unspecified atom stereocenters. The number of rotatable bonds is 5. The molecule has 124 valence electrons. The van der Waals surface area contributed by atoms with E-state index in [4.69, 9.17) is 4.74 Å². The Morgan fingerprint density at radius 1 is 1.21 bits per heavy atom. The summed E-state index contributed by atoms with van der Waals surface area (Å²) in [5.41, 5.74) is 2.09. The minimum Gasteiger partial charge on any atom is -0.497 e. The molecule has 0 aliphatic rings. The Morgan fingerprint density at radius 3 is 2.54 bits per heavy atom. The van der Waals surface area contributed by atoms with Gasteiger partial charge in [-0.3, -0.25) is 4.79 Å². The maximum atomic E-state index is 12.8. The Kier molecular flexibility index (Phi) is 4.46. The number of likely N-dealkylation sites (N-methyl/N-ethyl adjacent to an activating group) is 1. The minimum absolute atomic E-state index is 0.0305. The lowest BCUT2D eigenvalue weighted by atomic mass is 10.1. The summed E-state index contributed by atoms with van der Waals surface area (Å²) in [6.07, 6.45) is 7.61. The standard InChI is InChI=1S/C18H20N4O2/c1-13(12-14-4-6-15(24-3)7-5-14)21(2)18(23)16-17-20-9-11-22(17)10-8-19-16/h4-11,13H,12H2,1-3H3. The molecule has 1 amide bonds. The number of amides is 1. The second-order valence-electron chi connectivity index (χ2n) is 5.75. The van der Waals surface area contributed by atoms with Crippen LogP contribution in [0.15, 0.2) is 49.1 Å². The van der Waals surface area contributed by atoms with E-state index in [0.717, 1.165) is 17.7 Å². The number of imidazole rings is 1. The highest BCUT2D eigenvalue weighted by Gasteiger charge is 2.21. The fourth-order valence-corrected chi connectivity index (χ4v) is 2.61. The molecule has 3 aromatic rings. The predicted molar refractivity (Wildman–Crippen MR) is 91.2 cm³/mol. The summed E-state index contributed by atoms with van der Waals surface area (Å²) in [5, 5.41) is 0. The van der Waals surface area contributed by atoms with Crippen LogP contribution < -0.4 is 4.74 Å². The highest BCUT2D eigenvalue weighted by atomic mass is 16.5. The molecule has 0 radical (unpaired) electrons. The summed E-state index contributed by atoms with van der Waals surface area (Å²) in [4.78, 5) is 22.9. The molecule has 1 atom stereocenters. The van der Waals surface area contributed by atoms with Crippen LogP contribution in [0.1, 0.15) is 23.0 Å². The highest BCUT2D eigenvalue weighted by Crippen LogP contribution is 2.16. The summed E-state index contributed by atoms with van der Waals surface area (Å²) in [5.74, 6) is 0.693. The summed E-state index contributed by atoms with van der Waals surface area (Å²) in [6.45, 7) is 2.02. The normalized spacial score (nSPS) is 12.1. The number of ether oxygens (including phenoxy) is 1. The molecule has 0 bridgehead atoms. The van der Waals surface area contributed by atoms with Crippen molar-refractivity contribution in [2.75, 3.05) is 14.2 Å². The lowest BCUT2D eigenvalue weighted by Gasteiger charge is -2.25. The first-order valence-electron chi connectivity index (χ1n) is 7.78. The third kappa shape index (κ3) is 3.08. The van der Waals surface area contributed by atoms with Gasteiger partial charge >= 0.3 is 0 Å². The van der Waals surface area contributed by atoms with Gasteiger partial charge in [-0.1, -0.05) is 12.1 Å². The van der Waals surface area contributed by atoms with Crippen LogP contribution in [0.5, 0.6) is 5.75 Å². The lowest BCUT2D eigenvalue weighted by molar-refractivity contribution is 0.0739. The number of hydrogen-bond acceptors (Lipinski definition) is 4. The van der Waals surface area contributed by atoms with Crippen LogP contribution in [-0.4, -0.2) is 45.4 Å². The molecular formula is C18H20N4O2. The van der Waals surface area contributed by atoms with Crippen molar-refractivity contribution in [2.45, 2.75) is 19.4 Å². The van der Waals surface area contributed by atoms with Crippen molar-refractivity contribution in [3.63, 3.8) is 0 Å². The molecule has 24 heavy (non-hydrogen) atoms. The number of carbonyl (C=O) groups excluding carboxylic acids is 1. The lowest BCUT2D eigenvalue weighted by Crippen LogP contribution is -2.37. The molecule has 0 aliphatic heterocycles. The van der Waals surface area contributed by atoms with E-state index in [1.165, 1.54) is 0 Å². The Hall–Kier alpha value is -2.89. The SMILES string of the molecule is COc1ccc(CC(C)N(C)C(=O)c2nccn3ccnc23)cc1. The van der Waals surface area contributed by atoms with Crippen LogP contribution in [0.3, 0.4) is 0 Å². The number of nitrogens with zero attached hydrogens (tertiary/aromatic N) is 4. The van der Waals surface area contributed by atoms with E-state index in [1.807, 2.05) is 31.2 Å². The monoisotopic (exact) mass is 324 g/mol. The third-order valence-electron chi connectivity index (χ3n) is 4.19. The van der Waals surface area contributed by atoms with Crippen LogP contribution in [0, 0.1) is 0 Å². The molecule has 0 N–H and O–H groups in total. The van der Waals surface area contributed by atoms with Crippen molar-refractivity contribution in [3.8, 4) is 5.75 Å². The van der Waals surface area contributed by atoms with E-state index >= 15 is 0 Å². The van der Waals surface area contributed by atoms with Gasteiger partial charge in [-0.15, -0.1) is 0 Å². The van der Waals surface area contributed by atoms with Gasteiger partial charge in [0.05, 0.1) is 7.11 Å². The van der Waals surface area contributed by atoms with Crippen molar-refractivity contribution in [2.24, 2.45) is 0 Å². The average molecular weight is 324 g/mol. The number of fused-ring (bicyclic) bond motifs is 1. The topological polar surface area (TPSA) is 59.7 Å². The fourth-order valence-electron chi connectivity index (χ4n) is 2.61. The van der Waals surface area contributed by atoms with Gasteiger partial charge in [0.2, 0.25) is 0 Å². The molecule has 0 spiro atoms. The zero-order valence-corrected chi connectivity index (χ0v) is 14.0. The molecule has 0 fully saturated rings. The van der Waals surface area contributed by atoms with Crippen molar-refractivity contribution in [3.05, 3.63) is 60.3 Å². The molecule has 1 aromatic carbocycles. The van der Waals surface area contributed by atoms with Gasteiger partial charge in [-0.25, -0.2) is 9.97 Å². The molecule has 0 saturated heterocycles. The summed E-state index contributed by atoms with van der Waals surface area (Å²) in [7, 11) is 3.44. The van der Waals surface area contributed by atoms with Crippen LogP contribution >= 0.6 is 0 Å². The summed E-state index contributed by atoms with van der Waals surface area (Å²) < 4.78 is 6.96. The van der Waals surface area contributed by atoms with Crippen molar-refractivity contribution >= 4 is 11.6 Å². The Bertz CT molecular complexity index is 842. The van der Waals surface area contributed by atoms with Crippen LogP contribution in [0.25, 0.3) is 5.65 Å². The largest absolute Gasteiger partial charge is 0.497 e. The highest BCUT2D eigenvalue weighted by molar-refractivity contribution is 5.97. The van der Waals surface area contributed by atoms with E-state index in [0.29, 0.717) is 11.3 Å². The first-order chi connectivity index (χ1) is 11.6. The predicted octanol–water partition coefficient (Wildman–Crippen LogP) is 2.44. The Labute approximate surface area is 140 Å². The third-order valence-corrected chi connectivity index (χ3v) is 4.19. The van der Waals surface area contributed by atoms with Crippen molar-refractivity contribution in [1.29, 1.82) is 0 Å². The van der Waals surface area contributed by atoms with E-state index < -0.39 is 0 Å². The minimum atomic E-state index is -0.132. The summed E-state index contributed by atoms with van der Waals surface area (Å²) >= 11 is 0. The van der Waals surface area contributed by atoms with Gasteiger partial charge in [0.25, 0.3) is 5.91 Å². The first-order valence-corrected chi connectivity index (χ1v) is 7.78. The smallest absolute Gasteiger partial charge is 0.276 e. The van der Waals surface area contributed by atoms with Crippen molar-refractivity contribution in [1.82, 2.24) is 19.3 Å². The van der Waals surface area contributed by atoms with E-state index in [2.05, 4.69) is 9.97 Å². The molecule has 0 aliphatic carbocycles. The van der Waals surface area contributed by atoms with Gasteiger partial charge in [-0.2, -0.15) is 0 Å². The zero-order valence-electron chi connectivity index (χ0n) is 14.0. The number of methoxy groups -OCH3 is 1. The maximum Gasteiger partial charge on any atom is 0.276 e. The number of carbonyl (C=O) groups is 1. The zero-order chi connectivity index (χ0) is 17.1. The van der Waals surface area contributed by atoms with Gasteiger partial charge in [0.1, 0.15) is 5.75 Å². The number of aromatic nitrogens is 3. The van der Waals surface area contributed by atoms with E-state index in [9.17, 15) is 4.79 Å². The molecular weight excluding hydrogens is 304 g/mol. The molecule has 3 rings (SSSR count). The molecule has 0 saturated carbocycles. The molecule has 2 aromatic heterocycles. The van der Waals surface area contributed by atoms with E-state index in [1.54, 1.807) is 48.2 Å².